The molecule has 25 heavy (non-hydrogen) atoms. The number of carbonyl (C=O) groups excluding carboxylic acids is 2. The zero-order valence-corrected chi connectivity index (χ0v) is 15.4. The second-order valence-electron chi connectivity index (χ2n) is 6.59. The predicted octanol–water partition coefficient (Wildman–Crippen LogP) is 4.24. The highest BCUT2D eigenvalue weighted by Gasteiger charge is 2.14. The van der Waals surface area contributed by atoms with E-state index in [1.807, 2.05) is 58.0 Å². The molecule has 0 fully saturated rings. The van der Waals surface area contributed by atoms with E-state index in [0.29, 0.717) is 19.3 Å². The van der Waals surface area contributed by atoms with E-state index in [-0.39, 0.29) is 17.7 Å². The van der Waals surface area contributed by atoms with E-state index in [1.54, 1.807) is 6.20 Å². The Morgan fingerprint density at radius 1 is 1.08 bits per heavy atom. The number of benzene rings is 1. The topological polar surface area (TPSA) is 59.1 Å². The van der Waals surface area contributed by atoms with Crippen molar-refractivity contribution in [3.63, 3.8) is 0 Å². The first-order valence-corrected chi connectivity index (χ1v) is 8.70. The molecule has 0 aliphatic rings. The summed E-state index contributed by atoms with van der Waals surface area (Å²) in [6, 6.07) is 9.56. The van der Waals surface area contributed by atoms with Gasteiger partial charge < -0.3 is 5.32 Å². The standard InChI is InChI=1S/C21H26N2O2/c1-14-12-15(2)21(16(3)13-14)19(24)9-7-10-20(25)23-17(4)18-8-5-6-11-22-18/h5-6,8,11-13,17H,7,9-10H2,1-4H3,(H,23,25)/t17-/m0/s1. The lowest BCUT2D eigenvalue weighted by atomic mass is 9.94. The lowest BCUT2D eigenvalue weighted by Crippen LogP contribution is -2.27. The van der Waals surface area contributed by atoms with E-state index in [9.17, 15) is 9.59 Å². The third-order valence-electron chi connectivity index (χ3n) is 4.27. The third kappa shape index (κ3) is 5.24. The molecule has 0 bridgehead atoms. The zero-order chi connectivity index (χ0) is 18.4. The highest BCUT2D eigenvalue weighted by molar-refractivity contribution is 5.99. The van der Waals surface area contributed by atoms with Crippen LogP contribution in [-0.2, 0) is 4.79 Å². The van der Waals surface area contributed by atoms with Gasteiger partial charge in [0.05, 0.1) is 11.7 Å². The smallest absolute Gasteiger partial charge is 0.220 e. The number of Topliss-reactive ketones (excluding diaryl/α,β-unsaturated/α-hetero) is 1. The number of rotatable bonds is 7. The van der Waals surface area contributed by atoms with Crippen LogP contribution in [0.25, 0.3) is 0 Å². The Kier molecular flexibility index (Phi) is 6.45. The summed E-state index contributed by atoms with van der Waals surface area (Å²) in [5.41, 5.74) is 4.81. The molecule has 2 rings (SSSR count). The Morgan fingerprint density at radius 3 is 2.36 bits per heavy atom. The minimum absolute atomic E-state index is 0.0525. The molecule has 2 aromatic rings. The van der Waals surface area contributed by atoms with Crippen LogP contribution in [-0.4, -0.2) is 16.7 Å². The largest absolute Gasteiger partial charge is 0.348 e. The Labute approximate surface area is 149 Å². The average Bonchev–Trinajstić information content (AvgIpc) is 2.54. The highest BCUT2D eigenvalue weighted by Crippen LogP contribution is 2.19. The van der Waals surface area contributed by atoms with Crippen molar-refractivity contribution in [3.05, 3.63) is 64.5 Å². The molecule has 1 atom stereocenters. The summed E-state index contributed by atoms with van der Waals surface area (Å²) in [7, 11) is 0. The average molecular weight is 338 g/mol. The summed E-state index contributed by atoms with van der Waals surface area (Å²) in [6.07, 6.45) is 2.98. The number of aromatic nitrogens is 1. The van der Waals surface area contributed by atoms with Crippen molar-refractivity contribution in [3.8, 4) is 0 Å². The number of nitrogens with one attached hydrogen (secondary N) is 1. The second-order valence-corrected chi connectivity index (χ2v) is 6.59. The molecule has 1 heterocycles. The maximum absolute atomic E-state index is 12.5. The van der Waals surface area contributed by atoms with Crippen LogP contribution in [0.2, 0.25) is 0 Å². The molecule has 0 aliphatic heterocycles. The molecule has 0 aliphatic carbocycles. The van der Waals surface area contributed by atoms with Crippen LogP contribution >= 0.6 is 0 Å². The van der Waals surface area contributed by atoms with E-state index in [4.69, 9.17) is 0 Å². The van der Waals surface area contributed by atoms with E-state index >= 15 is 0 Å². The molecular formula is C21H26N2O2. The number of aryl methyl sites for hydroxylation is 3. The highest BCUT2D eigenvalue weighted by atomic mass is 16.1. The van der Waals surface area contributed by atoms with Crippen molar-refractivity contribution in [2.45, 2.75) is 53.0 Å². The molecule has 0 unspecified atom stereocenters. The van der Waals surface area contributed by atoms with Crippen LogP contribution in [0, 0.1) is 20.8 Å². The SMILES string of the molecule is Cc1cc(C)c(C(=O)CCCC(=O)N[C@@H](C)c2ccccn2)c(C)c1. The lowest BCUT2D eigenvalue weighted by molar-refractivity contribution is -0.121. The van der Waals surface area contributed by atoms with Gasteiger partial charge in [-0.25, -0.2) is 0 Å². The number of hydrogen-bond donors (Lipinski definition) is 1. The third-order valence-corrected chi connectivity index (χ3v) is 4.27. The van der Waals surface area contributed by atoms with Crippen LogP contribution in [0.1, 0.15) is 65.0 Å². The number of nitrogens with zero attached hydrogens (tertiary/aromatic N) is 1. The molecule has 1 amide bonds. The Bertz CT molecular complexity index is 731. The van der Waals surface area contributed by atoms with Gasteiger partial charge in [0.2, 0.25) is 5.91 Å². The molecule has 0 spiro atoms. The quantitative estimate of drug-likeness (QED) is 0.768. The van der Waals surface area contributed by atoms with Crippen LogP contribution in [0.3, 0.4) is 0 Å². The number of ketones is 1. The summed E-state index contributed by atoms with van der Waals surface area (Å²) in [6.45, 7) is 7.87. The van der Waals surface area contributed by atoms with Crippen LogP contribution in [0.15, 0.2) is 36.5 Å². The van der Waals surface area contributed by atoms with Crippen LogP contribution < -0.4 is 5.32 Å². The molecule has 0 radical (unpaired) electrons. The van der Waals surface area contributed by atoms with Gasteiger partial charge in [0.25, 0.3) is 0 Å². The van der Waals surface area contributed by atoms with Crippen LogP contribution in [0.5, 0.6) is 0 Å². The van der Waals surface area contributed by atoms with E-state index in [0.717, 1.165) is 27.9 Å². The fourth-order valence-corrected chi connectivity index (χ4v) is 3.17. The second kappa shape index (κ2) is 8.56. The Morgan fingerprint density at radius 2 is 1.76 bits per heavy atom. The first kappa shape index (κ1) is 18.8. The monoisotopic (exact) mass is 338 g/mol. The fraction of sp³-hybridized carbons (Fsp3) is 0.381. The van der Waals surface area contributed by atoms with Gasteiger partial charge >= 0.3 is 0 Å². The Balaban J connectivity index is 1.84. The van der Waals surface area contributed by atoms with Gasteiger partial charge in [0, 0.05) is 24.6 Å². The summed E-state index contributed by atoms with van der Waals surface area (Å²) < 4.78 is 0. The van der Waals surface area contributed by atoms with Crippen molar-refractivity contribution >= 4 is 11.7 Å². The van der Waals surface area contributed by atoms with Gasteiger partial charge in [0.15, 0.2) is 5.78 Å². The predicted molar refractivity (Wildman–Crippen MR) is 99.6 cm³/mol. The molecular weight excluding hydrogens is 312 g/mol. The molecule has 132 valence electrons. The van der Waals surface area contributed by atoms with E-state index < -0.39 is 0 Å². The summed E-state index contributed by atoms with van der Waals surface area (Å²) >= 11 is 0. The minimum Gasteiger partial charge on any atom is -0.348 e. The maximum atomic E-state index is 12.5. The summed E-state index contributed by atoms with van der Waals surface area (Å²) in [5, 5.41) is 2.93. The number of amides is 1. The minimum atomic E-state index is -0.133. The number of pyridine rings is 1. The first-order chi connectivity index (χ1) is 11.9. The van der Waals surface area contributed by atoms with Crippen molar-refractivity contribution in [1.82, 2.24) is 10.3 Å². The van der Waals surface area contributed by atoms with Gasteiger partial charge in [-0.05, 0) is 57.4 Å². The van der Waals surface area contributed by atoms with Crippen molar-refractivity contribution < 1.29 is 9.59 Å². The molecule has 0 saturated carbocycles. The lowest BCUT2D eigenvalue weighted by Gasteiger charge is -2.13. The first-order valence-electron chi connectivity index (χ1n) is 8.70. The molecule has 0 saturated heterocycles. The zero-order valence-electron chi connectivity index (χ0n) is 15.4. The molecule has 1 aromatic carbocycles. The van der Waals surface area contributed by atoms with Gasteiger partial charge in [-0.2, -0.15) is 0 Å². The van der Waals surface area contributed by atoms with Gasteiger partial charge in [0.1, 0.15) is 0 Å². The van der Waals surface area contributed by atoms with Crippen LogP contribution in [0.4, 0.5) is 0 Å². The van der Waals surface area contributed by atoms with Gasteiger partial charge in [-0.1, -0.05) is 23.8 Å². The van der Waals surface area contributed by atoms with Gasteiger partial charge in [-0.3, -0.25) is 14.6 Å². The number of carbonyl (C=O) groups is 2. The van der Waals surface area contributed by atoms with Crippen molar-refractivity contribution in [1.29, 1.82) is 0 Å². The molecule has 1 N–H and O–H groups in total. The summed E-state index contributed by atoms with van der Waals surface area (Å²) in [4.78, 5) is 28.8. The van der Waals surface area contributed by atoms with E-state index in [1.165, 1.54) is 0 Å². The van der Waals surface area contributed by atoms with E-state index in [2.05, 4.69) is 10.3 Å². The summed E-state index contributed by atoms with van der Waals surface area (Å²) in [5.74, 6) is 0.0591. The van der Waals surface area contributed by atoms with Crippen molar-refractivity contribution in [2.24, 2.45) is 0 Å². The molecule has 4 nitrogen and oxygen atoms in total. The molecule has 1 aromatic heterocycles. The maximum Gasteiger partial charge on any atom is 0.220 e. The Hall–Kier alpha value is -2.49. The van der Waals surface area contributed by atoms with Gasteiger partial charge in [-0.15, -0.1) is 0 Å². The fourth-order valence-electron chi connectivity index (χ4n) is 3.17. The number of hydrogen-bond acceptors (Lipinski definition) is 3. The normalized spacial score (nSPS) is 11.8. The molecule has 4 heteroatoms. The van der Waals surface area contributed by atoms with Crippen molar-refractivity contribution in [2.75, 3.05) is 0 Å².